The van der Waals surface area contributed by atoms with E-state index < -0.39 is 18.0 Å². The van der Waals surface area contributed by atoms with Crippen LogP contribution in [-0.4, -0.2) is 28.1 Å². The van der Waals surface area contributed by atoms with Crippen LogP contribution in [-0.2, 0) is 11.3 Å². The number of urea groups is 1. The Morgan fingerprint density at radius 1 is 1.56 bits per heavy atom. The highest BCUT2D eigenvalue weighted by atomic mass is 16.4. The third kappa shape index (κ3) is 3.95. The first kappa shape index (κ1) is 12.0. The zero-order chi connectivity index (χ0) is 12.0. The van der Waals surface area contributed by atoms with Crippen molar-refractivity contribution in [1.29, 1.82) is 0 Å². The van der Waals surface area contributed by atoms with Crippen molar-refractivity contribution in [3.8, 4) is 0 Å². The van der Waals surface area contributed by atoms with Crippen LogP contribution >= 0.6 is 0 Å². The van der Waals surface area contributed by atoms with Crippen LogP contribution in [0.15, 0.2) is 24.5 Å². The van der Waals surface area contributed by atoms with Gasteiger partial charge in [0, 0.05) is 18.9 Å². The van der Waals surface area contributed by atoms with Crippen LogP contribution < -0.4 is 10.6 Å². The topological polar surface area (TPSA) is 91.3 Å². The summed E-state index contributed by atoms with van der Waals surface area (Å²) in [5, 5.41) is 13.4. The van der Waals surface area contributed by atoms with E-state index in [1.807, 2.05) is 6.07 Å². The van der Waals surface area contributed by atoms with Gasteiger partial charge in [0.15, 0.2) is 0 Å². The van der Waals surface area contributed by atoms with E-state index in [-0.39, 0.29) is 0 Å². The summed E-state index contributed by atoms with van der Waals surface area (Å²) in [5.41, 5.74) is 0.848. The van der Waals surface area contributed by atoms with Crippen LogP contribution in [0.2, 0.25) is 0 Å². The van der Waals surface area contributed by atoms with Gasteiger partial charge >= 0.3 is 12.0 Å². The van der Waals surface area contributed by atoms with Gasteiger partial charge in [-0.05, 0) is 18.6 Å². The molecular formula is C10H13N3O3. The van der Waals surface area contributed by atoms with E-state index in [0.29, 0.717) is 6.54 Å². The number of carbonyl (C=O) groups is 2. The monoisotopic (exact) mass is 223 g/mol. The number of amides is 2. The Bertz CT molecular complexity index is 367. The molecule has 0 saturated heterocycles. The van der Waals surface area contributed by atoms with Gasteiger partial charge in [0.25, 0.3) is 0 Å². The first-order chi connectivity index (χ1) is 7.59. The van der Waals surface area contributed by atoms with Gasteiger partial charge < -0.3 is 15.7 Å². The SMILES string of the molecule is C[C@H](NC(=O)NCc1cccnc1)C(=O)O. The number of nitrogens with one attached hydrogen (secondary N) is 2. The third-order valence-corrected chi connectivity index (χ3v) is 1.89. The minimum absolute atomic E-state index is 0.312. The molecule has 0 unspecified atom stereocenters. The first-order valence-corrected chi connectivity index (χ1v) is 4.75. The zero-order valence-electron chi connectivity index (χ0n) is 8.80. The van der Waals surface area contributed by atoms with Gasteiger partial charge in [-0.3, -0.25) is 9.78 Å². The van der Waals surface area contributed by atoms with Gasteiger partial charge in [0.1, 0.15) is 6.04 Å². The highest BCUT2D eigenvalue weighted by molar-refractivity contribution is 5.82. The fraction of sp³-hybridized carbons (Fsp3) is 0.300. The van der Waals surface area contributed by atoms with Crippen LogP contribution in [0, 0.1) is 0 Å². The van der Waals surface area contributed by atoms with Crippen LogP contribution in [0.25, 0.3) is 0 Å². The van der Waals surface area contributed by atoms with Gasteiger partial charge in [0.2, 0.25) is 0 Å². The lowest BCUT2D eigenvalue weighted by Gasteiger charge is -2.10. The van der Waals surface area contributed by atoms with Crippen molar-refractivity contribution in [2.75, 3.05) is 0 Å². The van der Waals surface area contributed by atoms with Crippen LogP contribution in [0.1, 0.15) is 12.5 Å². The third-order valence-electron chi connectivity index (χ3n) is 1.89. The Morgan fingerprint density at radius 3 is 2.88 bits per heavy atom. The summed E-state index contributed by atoms with van der Waals surface area (Å²) in [5.74, 6) is -1.07. The summed E-state index contributed by atoms with van der Waals surface area (Å²) in [6, 6.07) is 2.15. The van der Waals surface area contributed by atoms with E-state index in [2.05, 4.69) is 15.6 Å². The number of pyridine rings is 1. The second-order valence-corrected chi connectivity index (χ2v) is 3.25. The maximum Gasteiger partial charge on any atom is 0.325 e. The molecule has 1 aromatic rings. The molecule has 0 spiro atoms. The van der Waals surface area contributed by atoms with Gasteiger partial charge in [-0.2, -0.15) is 0 Å². The molecule has 6 heteroatoms. The first-order valence-electron chi connectivity index (χ1n) is 4.75. The molecule has 0 aliphatic carbocycles. The standard InChI is InChI=1S/C10H13N3O3/c1-7(9(14)15)13-10(16)12-6-8-3-2-4-11-5-8/h2-5,7H,6H2,1H3,(H,14,15)(H2,12,13,16)/t7-/m0/s1. The smallest absolute Gasteiger partial charge is 0.325 e. The van der Waals surface area contributed by atoms with Gasteiger partial charge in [-0.1, -0.05) is 6.07 Å². The van der Waals surface area contributed by atoms with Crippen molar-refractivity contribution in [3.05, 3.63) is 30.1 Å². The highest BCUT2D eigenvalue weighted by Crippen LogP contribution is 1.94. The molecule has 0 aliphatic heterocycles. The van der Waals surface area contributed by atoms with Crippen LogP contribution in [0.3, 0.4) is 0 Å². The Morgan fingerprint density at radius 2 is 2.31 bits per heavy atom. The van der Waals surface area contributed by atoms with Crippen molar-refractivity contribution in [2.24, 2.45) is 0 Å². The maximum absolute atomic E-state index is 11.2. The van der Waals surface area contributed by atoms with Crippen molar-refractivity contribution >= 4 is 12.0 Å². The summed E-state index contributed by atoms with van der Waals surface area (Å²) < 4.78 is 0. The number of carbonyl (C=O) groups excluding carboxylic acids is 1. The molecule has 16 heavy (non-hydrogen) atoms. The number of aromatic nitrogens is 1. The van der Waals surface area contributed by atoms with Crippen LogP contribution in [0.4, 0.5) is 4.79 Å². The minimum atomic E-state index is -1.07. The average molecular weight is 223 g/mol. The van der Waals surface area contributed by atoms with Gasteiger partial charge in [-0.25, -0.2) is 4.79 Å². The van der Waals surface area contributed by atoms with Gasteiger partial charge in [0.05, 0.1) is 0 Å². The highest BCUT2D eigenvalue weighted by Gasteiger charge is 2.12. The van der Waals surface area contributed by atoms with E-state index in [4.69, 9.17) is 5.11 Å². The molecule has 2 amide bonds. The fourth-order valence-electron chi connectivity index (χ4n) is 0.994. The summed E-state index contributed by atoms with van der Waals surface area (Å²) in [4.78, 5) is 25.6. The molecule has 0 radical (unpaired) electrons. The van der Waals surface area contributed by atoms with E-state index in [0.717, 1.165) is 5.56 Å². The minimum Gasteiger partial charge on any atom is -0.480 e. The van der Waals surface area contributed by atoms with Crippen LogP contribution in [0.5, 0.6) is 0 Å². The molecule has 1 aromatic heterocycles. The zero-order valence-corrected chi connectivity index (χ0v) is 8.80. The summed E-state index contributed by atoms with van der Waals surface area (Å²) in [7, 11) is 0. The number of carboxylic acids is 1. The predicted molar refractivity (Wildman–Crippen MR) is 56.7 cm³/mol. The van der Waals surface area contributed by atoms with E-state index in [1.54, 1.807) is 18.5 Å². The lowest BCUT2D eigenvalue weighted by molar-refractivity contribution is -0.138. The molecule has 0 aliphatic rings. The molecule has 1 rings (SSSR count). The molecular weight excluding hydrogens is 210 g/mol. The molecule has 1 heterocycles. The normalized spacial score (nSPS) is 11.6. The Hall–Kier alpha value is -2.11. The molecule has 0 aromatic carbocycles. The number of aliphatic carboxylic acids is 1. The second-order valence-electron chi connectivity index (χ2n) is 3.25. The largest absolute Gasteiger partial charge is 0.480 e. The Kier molecular flexibility index (Phi) is 4.26. The molecule has 0 bridgehead atoms. The van der Waals surface area contributed by atoms with E-state index in [9.17, 15) is 9.59 Å². The molecule has 0 saturated carbocycles. The molecule has 0 fully saturated rings. The van der Waals surface area contributed by atoms with Crippen molar-refractivity contribution < 1.29 is 14.7 Å². The summed E-state index contributed by atoms with van der Waals surface area (Å²) in [6.45, 7) is 1.71. The summed E-state index contributed by atoms with van der Waals surface area (Å²) in [6.07, 6.45) is 3.26. The summed E-state index contributed by atoms with van der Waals surface area (Å²) >= 11 is 0. The maximum atomic E-state index is 11.2. The molecule has 6 nitrogen and oxygen atoms in total. The lowest BCUT2D eigenvalue weighted by Crippen LogP contribution is -2.44. The van der Waals surface area contributed by atoms with E-state index >= 15 is 0 Å². The number of nitrogens with zero attached hydrogens (tertiary/aromatic N) is 1. The number of rotatable bonds is 4. The second kappa shape index (κ2) is 5.69. The molecule has 1 atom stereocenters. The quantitative estimate of drug-likeness (QED) is 0.687. The predicted octanol–water partition coefficient (Wildman–Crippen LogP) is 0.354. The Balaban J connectivity index is 2.33. The van der Waals surface area contributed by atoms with E-state index in [1.165, 1.54) is 6.92 Å². The number of carboxylic acid groups (broad SMARTS) is 1. The average Bonchev–Trinajstić information content (AvgIpc) is 2.27. The van der Waals surface area contributed by atoms with Gasteiger partial charge in [-0.15, -0.1) is 0 Å². The fourth-order valence-corrected chi connectivity index (χ4v) is 0.994. The Labute approximate surface area is 92.7 Å². The number of hydrogen-bond donors (Lipinski definition) is 3. The van der Waals surface area contributed by atoms with Crippen molar-refractivity contribution in [2.45, 2.75) is 19.5 Å². The van der Waals surface area contributed by atoms with Crippen molar-refractivity contribution in [3.63, 3.8) is 0 Å². The molecule has 86 valence electrons. The van der Waals surface area contributed by atoms with Crippen molar-refractivity contribution in [1.82, 2.24) is 15.6 Å². The lowest BCUT2D eigenvalue weighted by atomic mass is 10.3. The molecule has 3 N–H and O–H groups in total. The number of hydrogen-bond acceptors (Lipinski definition) is 3.